The summed E-state index contributed by atoms with van der Waals surface area (Å²) in [5.74, 6) is 0.949. The number of aromatic nitrogens is 1. The van der Waals surface area contributed by atoms with Crippen LogP contribution in [-0.4, -0.2) is 28.4 Å². The smallest absolute Gasteiger partial charge is 0.270 e. The Hall–Kier alpha value is -2.09. The largest absolute Gasteiger partial charge is 0.489 e. The lowest BCUT2D eigenvalue weighted by atomic mass is 10.1. The average Bonchev–Trinajstić information content (AvgIpc) is 2.79. The van der Waals surface area contributed by atoms with E-state index in [0.29, 0.717) is 44.6 Å². The lowest BCUT2D eigenvalue weighted by molar-refractivity contribution is -0.113. The number of ether oxygens (including phenoxy) is 2. The lowest BCUT2D eigenvalue weighted by Gasteiger charge is -2.13. The van der Waals surface area contributed by atoms with Crippen molar-refractivity contribution in [2.24, 2.45) is 0 Å². The van der Waals surface area contributed by atoms with Crippen molar-refractivity contribution in [2.75, 3.05) is 18.1 Å². The molecule has 1 aromatic heterocycles. The van der Waals surface area contributed by atoms with Gasteiger partial charge in [-0.25, -0.2) is 0 Å². The number of nitrogens with zero attached hydrogens (tertiary/aromatic N) is 2. The first-order valence-electron chi connectivity index (χ1n) is 7.90. The minimum Gasteiger partial charge on any atom is -0.489 e. The van der Waals surface area contributed by atoms with Crippen LogP contribution in [0.15, 0.2) is 41.6 Å². The minimum absolute atomic E-state index is 0.184. The average molecular weight is 405 g/mol. The van der Waals surface area contributed by atoms with Gasteiger partial charge in [-0.1, -0.05) is 35.6 Å². The van der Waals surface area contributed by atoms with Gasteiger partial charge in [0, 0.05) is 12.6 Å². The van der Waals surface area contributed by atoms with Crippen molar-refractivity contribution in [1.82, 2.24) is 4.98 Å². The van der Waals surface area contributed by atoms with Gasteiger partial charge in [0.25, 0.3) is 5.91 Å². The molecule has 0 radical (unpaired) electrons. The number of thioether (sulfide) groups is 1. The van der Waals surface area contributed by atoms with Crippen molar-refractivity contribution in [2.45, 2.75) is 6.42 Å². The molecule has 0 spiro atoms. The predicted octanol–water partition coefficient (Wildman–Crippen LogP) is 4.30. The van der Waals surface area contributed by atoms with Crippen molar-refractivity contribution in [1.29, 1.82) is 0 Å². The molecule has 0 aliphatic carbocycles. The molecule has 0 atom stereocenters. The first-order chi connectivity index (χ1) is 12.6. The van der Waals surface area contributed by atoms with Crippen LogP contribution in [0.25, 0.3) is 6.08 Å². The zero-order valence-corrected chi connectivity index (χ0v) is 15.9. The van der Waals surface area contributed by atoms with E-state index in [4.69, 9.17) is 33.3 Å². The second-order valence-corrected chi connectivity index (χ2v) is 7.69. The van der Waals surface area contributed by atoms with E-state index in [1.165, 1.54) is 16.7 Å². The van der Waals surface area contributed by atoms with Crippen LogP contribution in [0, 0.1) is 0 Å². The molecule has 4 rings (SSSR count). The number of hydrogen-bond acceptors (Lipinski definition) is 6. The molecule has 3 heterocycles. The normalized spacial score (nSPS) is 18.3. The van der Waals surface area contributed by atoms with Crippen LogP contribution in [-0.2, 0) is 4.79 Å². The van der Waals surface area contributed by atoms with Gasteiger partial charge in [0.2, 0.25) is 0 Å². The van der Waals surface area contributed by atoms with E-state index in [-0.39, 0.29) is 5.91 Å². The molecule has 1 amide bonds. The molecule has 1 fully saturated rings. The molecular weight excluding hydrogens is 392 g/mol. The molecule has 1 saturated heterocycles. The van der Waals surface area contributed by atoms with E-state index in [1.807, 2.05) is 6.07 Å². The maximum absolute atomic E-state index is 12.8. The van der Waals surface area contributed by atoms with Crippen LogP contribution in [0.4, 0.5) is 5.69 Å². The van der Waals surface area contributed by atoms with Gasteiger partial charge in [-0.15, -0.1) is 0 Å². The number of thiocarbonyl (C=S) groups is 1. The van der Waals surface area contributed by atoms with Crippen LogP contribution >= 0.6 is 35.6 Å². The summed E-state index contributed by atoms with van der Waals surface area (Å²) in [5, 5.41) is 0.457. The van der Waals surface area contributed by atoms with Crippen molar-refractivity contribution in [3.8, 4) is 11.5 Å². The highest BCUT2D eigenvalue weighted by Crippen LogP contribution is 2.40. The molecule has 0 N–H and O–H groups in total. The van der Waals surface area contributed by atoms with Crippen molar-refractivity contribution in [3.05, 3.63) is 52.2 Å². The van der Waals surface area contributed by atoms with Gasteiger partial charge in [-0.2, -0.15) is 0 Å². The van der Waals surface area contributed by atoms with Crippen LogP contribution < -0.4 is 14.4 Å². The van der Waals surface area contributed by atoms with Gasteiger partial charge in [0.15, 0.2) is 15.8 Å². The zero-order valence-electron chi connectivity index (χ0n) is 13.5. The molecular formula is C18H13ClN2O3S2. The number of benzene rings is 1. The van der Waals surface area contributed by atoms with Crippen molar-refractivity contribution >= 4 is 57.6 Å². The molecule has 0 bridgehead atoms. The van der Waals surface area contributed by atoms with Crippen LogP contribution in [0.3, 0.4) is 0 Å². The van der Waals surface area contributed by atoms with Crippen molar-refractivity contribution < 1.29 is 14.3 Å². The molecule has 132 valence electrons. The molecule has 0 saturated carbocycles. The Balaban J connectivity index is 1.67. The summed E-state index contributed by atoms with van der Waals surface area (Å²) in [5.41, 5.74) is 1.40. The van der Waals surface area contributed by atoms with E-state index < -0.39 is 0 Å². The van der Waals surface area contributed by atoms with Gasteiger partial charge >= 0.3 is 0 Å². The summed E-state index contributed by atoms with van der Waals surface area (Å²) in [6.45, 7) is 1.13. The van der Waals surface area contributed by atoms with Gasteiger partial charge < -0.3 is 9.47 Å². The Labute approximate surface area is 164 Å². The maximum Gasteiger partial charge on any atom is 0.270 e. The Morgan fingerprint density at radius 1 is 1.31 bits per heavy atom. The summed E-state index contributed by atoms with van der Waals surface area (Å²) >= 11 is 12.9. The molecule has 0 unspecified atom stereocenters. The van der Waals surface area contributed by atoms with E-state index >= 15 is 0 Å². The van der Waals surface area contributed by atoms with E-state index in [9.17, 15) is 4.79 Å². The van der Waals surface area contributed by atoms with E-state index in [1.54, 1.807) is 36.7 Å². The summed E-state index contributed by atoms with van der Waals surface area (Å²) in [6.07, 6.45) is 5.81. The number of anilines is 1. The number of rotatable bonds is 2. The first kappa shape index (κ1) is 17.3. The highest BCUT2D eigenvalue weighted by molar-refractivity contribution is 8.27. The van der Waals surface area contributed by atoms with Gasteiger partial charge in [0.1, 0.15) is 0 Å². The zero-order chi connectivity index (χ0) is 18.1. The summed E-state index contributed by atoms with van der Waals surface area (Å²) < 4.78 is 11.8. The Morgan fingerprint density at radius 3 is 2.96 bits per heavy atom. The van der Waals surface area contributed by atoms with Gasteiger partial charge in [-0.3, -0.25) is 14.7 Å². The molecule has 8 heteroatoms. The number of amides is 1. The quantitative estimate of drug-likeness (QED) is 0.549. The van der Waals surface area contributed by atoms with Crippen LogP contribution in [0.1, 0.15) is 12.0 Å². The van der Waals surface area contributed by atoms with E-state index in [0.717, 1.165) is 12.0 Å². The fourth-order valence-corrected chi connectivity index (χ4v) is 4.23. The fraction of sp³-hybridized carbons (Fsp3) is 0.167. The second kappa shape index (κ2) is 7.26. The van der Waals surface area contributed by atoms with Gasteiger partial charge in [-0.05, 0) is 35.9 Å². The summed E-state index contributed by atoms with van der Waals surface area (Å²) in [6, 6.07) is 7.14. The van der Waals surface area contributed by atoms with Crippen molar-refractivity contribution in [3.63, 3.8) is 0 Å². The SMILES string of the molecule is O=C1/C(=C/c2cc(Cl)c3c(c2)OCCCO3)SC(=S)N1c1cccnc1. The minimum atomic E-state index is -0.184. The monoisotopic (exact) mass is 404 g/mol. The third-order valence-corrected chi connectivity index (χ3v) is 5.40. The predicted molar refractivity (Wildman–Crippen MR) is 107 cm³/mol. The number of hydrogen-bond donors (Lipinski definition) is 0. The summed E-state index contributed by atoms with van der Waals surface area (Å²) in [7, 11) is 0. The Bertz CT molecular complexity index is 918. The maximum atomic E-state index is 12.8. The third kappa shape index (κ3) is 3.30. The van der Waals surface area contributed by atoms with Crippen LogP contribution in [0.5, 0.6) is 11.5 Å². The fourth-order valence-electron chi connectivity index (χ4n) is 2.66. The third-order valence-electron chi connectivity index (χ3n) is 3.82. The lowest BCUT2D eigenvalue weighted by Crippen LogP contribution is -2.27. The number of fused-ring (bicyclic) bond motifs is 1. The molecule has 1 aromatic carbocycles. The first-order valence-corrected chi connectivity index (χ1v) is 9.51. The number of carbonyl (C=O) groups excluding carboxylic acids is 1. The Kier molecular flexibility index (Phi) is 4.84. The van der Waals surface area contributed by atoms with Crippen LogP contribution in [0.2, 0.25) is 5.02 Å². The number of carbonyl (C=O) groups is 1. The molecule has 2 aliphatic rings. The standard InChI is InChI=1S/C18H13ClN2O3S2/c19-13-7-11(8-14-16(13)24-6-2-5-23-14)9-15-17(22)21(18(25)26-15)12-3-1-4-20-10-12/h1,3-4,7-10H,2,5-6H2/b15-9-. The second-order valence-electron chi connectivity index (χ2n) is 5.61. The van der Waals surface area contributed by atoms with Gasteiger partial charge in [0.05, 0.1) is 35.0 Å². The molecule has 2 aromatic rings. The number of pyridine rings is 1. The highest BCUT2D eigenvalue weighted by Gasteiger charge is 2.33. The number of halogens is 1. The Morgan fingerprint density at radius 2 is 2.15 bits per heavy atom. The van der Waals surface area contributed by atoms with E-state index in [2.05, 4.69) is 4.98 Å². The molecule has 5 nitrogen and oxygen atoms in total. The summed E-state index contributed by atoms with van der Waals surface area (Å²) in [4.78, 5) is 18.8. The topological polar surface area (TPSA) is 51.7 Å². The highest BCUT2D eigenvalue weighted by atomic mass is 35.5. The molecule has 26 heavy (non-hydrogen) atoms. The molecule has 2 aliphatic heterocycles.